The first-order valence-corrected chi connectivity index (χ1v) is 4.77. The summed E-state index contributed by atoms with van der Waals surface area (Å²) in [4.78, 5) is 14.1. The van der Waals surface area contributed by atoms with Gasteiger partial charge in [-0.3, -0.25) is 4.79 Å². The molecule has 0 spiro atoms. The molecule has 1 rings (SSSR count). The summed E-state index contributed by atoms with van der Waals surface area (Å²) in [5.74, 6) is 0. The van der Waals surface area contributed by atoms with E-state index in [4.69, 9.17) is 10.5 Å². The highest BCUT2D eigenvalue weighted by atomic mass is 16.1. The Balaban J connectivity index is 3.71. The maximum atomic E-state index is 11.5. The number of aromatic nitrogens is 1. The van der Waals surface area contributed by atoms with Gasteiger partial charge in [0, 0.05) is 5.69 Å². The SMILES string of the molecule is CCc1[nH]c(=O)c(C#N)c(CC)c1C#N. The summed E-state index contributed by atoms with van der Waals surface area (Å²) in [6, 6.07) is 3.89. The zero-order chi connectivity index (χ0) is 11.4. The van der Waals surface area contributed by atoms with Gasteiger partial charge in [0.2, 0.25) is 0 Å². The maximum absolute atomic E-state index is 11.5. The molecule has 1 aromatic heterocycles. The summed E-state index contributed by atoms with van der Waals surface area (Å²) in [5.41, 5.74) is 1.27. The van der Waals surface area contributed by atoms with Gasteiger partial charge < -0.3 is 4.98 Å². The van der Waals surface area contributed by atoms with Crippen molar-refractivity contribution < 1.29 is 0 Å². The second-order valence-corrected chi connectivity index (χ2v) is 3.09. The monoisotopic (exact) mass is 201 g/mol. The van der Waals surface area contributed by atoms with Gasteiger partial charge in [-0.15, -0.1) is 0 Å². The fourth-order valence-corrected chi connectivity index (χ4v) is 1.58. The van der Waals surface area contributed by atoms with Crippen molar-refractivity contribution in [2.75, 3.05) is 0 Å². The Hall–Kier alpha value is -2.07. The average Bonchev–Trinajstić information content (AvgIpc) is 2.27. The molecule has 0 unspecified atom stereocenters. The first-order chi connectivity index (χ1) is 7.19. The van der Waals surface area contributed by atoms with E-state index in [2.05, 4.69) is 4.98 Å². The molecule has 4 nitrogen and oxygen atoms in total. The number of aryl methyl sites for hydroxylation is 1. The zero-order valence-electron chi connectivity index (χ0n) is 8.72. The van der Waals surface area contributed by atoms with Crippen LogP contribution in [0.25, 0.3) is 0 Å². The van der Waals surface area contributed by atoms with E-state index < -0.39 is 5.56 Å². The Labute approximate surface area is 87.8 Å². The van der Waals surface area contributed by atoms with Gasteiger partial charge in [-0.2, -0.15) is 10.5 Å². The van der Waals surface area contributed by atoms with Crippen molar-refractivity contribution in [3.8, 4) is 12.1 Å². The van der Waals surface area contributed by atoms with Crippen LogP contribution in [0.2, 0.25) is 0 Å². The number of hydrogen-bond acceptors (Lipinski definition) is 3. The van der Waals surface area contributed by atoms with Crippen LogP contribution in [0, 0.1) is 22.7 Å². The minimum Gasteiger partial charge on any atom is -0.324 e. The molecule has 0 fully saturated rings. The van der Waals surface area contributed by atoms with E-state index in [1.165, 1.54) is 0 Å². The lowest BCUT2D eigenvalue weighted by molar-refractivity contribution is 0.961. The summed E-state index contributed by atoms with van der Waals surface area (Å²) >= 11 is 0. The van der Waals surface area contributed by atoms with Crippen molar-refractivity contribution in [2.24, 2.45) is 0 Å². The number of nitrogens with zero attached hydrogens (tertiary/aromatic N) is 2. The van der Waals surface area contributed by atoms with Crippen LogP contribution >= 0.6 is 0 Å². The molecule has 0 aliphatic heterocycles. The van der Waals surface area contributed by atoms with Crippen LogP contribution in [0.1, 0.15) is 36.2 Å². The van der Waals surface area contributed by atoms with Crippen LogP contribution in [-0.2, 0) is 12.8 Å². The van der Waals surface area contributed by atoms with E-state index in [0.29, 0.717) is 29.7 Å². The Morgan fingerprint density at radius 1 is 1.13 bits per heavy atom. The number of pyridine rings is 1. The van der Waals surface area contributed by atoms with E-state index in [9.17, 15) is 4.79 Å². The van der Waals surface area contributed by atoms with Crippen LogP contribution in [-0.4, -0.2) is 4.98 Å². The smallest absolute Gasteiger partial charge is 0.266 e. The Morgan fingerprint density at radius 2 is 1.73 bits per heavy atom. The molecule has 0 radical (unpaired) electrons. The first kappa shape index (κ1) is 11.0. The summed E-state index contributed by atoms with van der Waals surface area (Å²) in [7, 11) is 0. The van der Waals surface area contributed by atoms with Gasteiger partial charge in [0.1, 0.15) is 17.7 Å². The second kappa shape index (κ2) is 4.43. The van der Waals surface area contributed by atoms with Crippen LogP contribution in [0.5, 0.6) is 0 Å². The van der Waals surface area contributed by atoms with Gasteiger partial charge in [-0.1, -0.05) is 13.8 Å². The van der Waals surface area contributed by atoms with Gasteiger partial charge in [0.25, 0.3) is 5.56 Å². The minimum absolute atomic E-state index is 0.0613. The van der Waals surface area contributed by atoms with Crippen molar-refractivity contribution in [2.45, 2.75) is 26.7 Å². The highest BCUT2D eigenvalue weighted by Crippen LogP contribution is 2.14. The largest absolute Gasteiger partial charge is 0.324 e. The Bertz CT molecular complexity index is 514. The Morgan fingerprint density at radius 3 is 2.13 bits per heavy atom. The molecule has 4 heteroatoms. The number of nitrogens with one attached hydrogen (secondary N) is 1. The number of nitriles is 2. The summed E-state index contributed by atoms with van der Waals surface area (Å²) in [6.45, 7) is 3.69. The lowest BCUT2D eigenvalue weighted by Gasteiger charge is -2.07. The molecule has 0 atom stereocenters. The number of rotatable bonds is 2. The fraction of sp³-hybridized carbons (Fsp3) is 0.364. The number of hydrogen-bond donors (Lipinski definition) is 1. The van der Waals surface area contributed by atoms with Crippen LogP contribution in [0.4, 0.5) is 0 Å². The van der Waals surface area contributed by atoms with Gasteiger partial charge >= 0.3 is 0 Å². The quantitative estimate of drug-likeness (QED) is 0.781. The predicted octanol–water partition coefficient (Wildman–Crippen LogP) is 1.24. The van der Waals surface area contributed by atoms with E-state index >= 15 is 0 Å². The number of H-pyrrole nitrogens is 1. The average molecular weight is 201 g/mol. The van der Waals surface area contributed by atoms with Crippen LogP contribution < -0.4 is 5.56 Å². The normalized spacial score (nSPS) is 9.33. The standard InChI is InChI=1S/C11H11N3O/c1-3-7-8(5-12)10(4-2)14-11(15)9(7)6-13/h3-4H2,1-2H3,(H,14,15). The van der Waals surface area contributed by atoms with Crippen LogP contribution in [0.15, 0.2) is 4.79 Å². The third kappa shape index (κ3) is 1.75. The molecule has 15 heavy (non-hydrogen) atoms. The van der Waals surface area contributed by atoms with Gasteiger partial charge in [0.05, 0.1) is 5.56 Å². The molecule has 0 aliphatic carbocycles. The highest BCUT2D eigenvalue weighted by molar-refractivity contribution is 5.49. The zero-order valence-corrected chi connectivity index (χ0v) is 8.72. The third-order valence-corrected chi connectivity index (χ3v) is 2.33. The van der Waals surface area contributed by atoms with E-state index in [0.717, 1.165) is 0 Å². The molecular weight excluding hydrogens is 190 g/mol. The summed E-state index contributed by atoms with van der Waals surface area (Å²) in [5, 5.41) is 17.8. The highest BCUT2D eigenvalue weighted by Gasteiger charge is 2.14. The summed E-state index contributed by atoms with van der Waals surface area (Å²) in [6.07, 6.45) is 1.10. The topological polar surface area (TPSA) is 80.4 Å². The molecule has 76 valence electrons. The van der Waals surface area contributed by atoms with Crippen molar-refractivity contribution in [3.05, 3.63) is 32.7 Å². The molecule has 0 saturated heterocycles. The van der Waals surface area contributed by atoms with Gasteiger partial charge in [-0.05, 0) is 18.4 Å². The van der Waals surface area contributed by atoms with E-state index in [-0.39, 0.29) is 5.56 Å². The van der Waals surface area contributed by atoms with Crippen molar-refractivity contribution in [1.82, 2.24) is 4.98 Å². The molecule has 0 aromatic carbocycles. The minimum atomic E-state index is -0.398. The van der Waals surface area contributed by atoms with E-state index in [1.807, 2.05) is 26.0 Å². The molecular formula is C11H11N3O. The van der Waals surface area contributed by atoms with Gasteiger partial charge in [0.15, 0.2) is 0 Å². The van der Waals surface area contributed by atoms with Crippen molar-refractivity contribution in [1.29, 1.82) is 10.5 Å². The molecule has 1 aromatic rings. The fourth-order valence-electron chi connectivity index (χ4n) is 1.58. The lowest BCUT2D eigenvalue weighted by Crippen LogP contribution is -2.18. The molecule has 0 bridgehead atoms. The van der Waals surface area contributed by atoms with Crippen molar-refractivity contribution >= 4 is 0 Å². The second-order valence-electron chi connectivity index (χ2n) is 3.09. The number of aromatic amines is 1. The molecule has 0 saturated carbocycles. The van der Waals surface area contributed by atoms with Gasteiger partial charge in [-0.25, -0.2) is 0 Å². The molecule has 1 N–H and O–H groups in total. The maximum Gasteiger partial charge on any atom is 0.266 e. The van der Waals surface area contributed by atoms with Crippen LogP contribution in [0.3, 0.4) is 0 Å². The van der Waals surface area contributed by atoms with E-state index in [1.54, 1.807) is 0 Å². The predicted molar refractivity (Wildman–Crippen MR) is 55.2 cm³/mol. The van der Waals surface area contributed by atoms with Crippen molar-refractivity contribution in [3.63, 3.8) is 0 Å². The first-order valence-electron chi connectivity index (χ1n) is 4.77. The lowest BCUT2D eigenvalue weighted by atomic mass is 9.99. The molecule has 1 heterocycles. The molecule has 0 amide bonds. The third-order valence-electron chi connectivity index (χ3n) is 2.33. The Kier molecular flexibility index (Phi) is 3.25. The summed E-state index contributed by atoms with van der Waals surface area (Å²) < 4.78 is 0. The molecule has 0 aliphatic rings.